The number of halogens is 2. The SMILES string of the molecule is O=C(O)/C(=C\c1ccc(-c2cc(Br)cc(Br)c2)o1)NC(=O)c1ccccc1. The fourth-order valence-corrected chi connectivity index (χ4v) is 3.65. The molecule has 3 aromatic rings. The monoisotopic (exact) mass is 489 g/mol. The van der Waals surface area contributed by atoms with Crippen molar-refractivity contribution in [1.29, 1.82) is 0 Å². The molecule has 0 spiro atoms. The van der Waals surface area contributed by atoms with Crippen LogP contribution in [0, 0.1) is 0 Å². The number of hydrogen-bond acceptors (Lipinski definition) is 3. The molecule has 0 atom stereocenters. The summed E-state index contributed by atoms with van der Waals surface area (Å²) in [5.74, 6) is -0.886. The number of benzene rings is 2. The maximum absolute atomic E-state index is 12.2. The summed E-state index contributed by atoms with van der Waals surface area (Å²) in [4.78, 5) is 23.7. The second kappa shape index (κ2) is 8.37. The first kappa shape index (κ1) is 19.1. The Labute approximate surface area is 172 Å². The van der Waals surface area contributed by atoms with Gasteiger partial charge in [0.1, 0.15) is 17.2 Å². The van der Waals surface area contributed by atoms with Crippen LogP contribution < -0.4 is 5.32 Å². The van der Waals surface area contributed by atoms with Gasteiger partial charge in [0.2, 0.25) is 0 Å². The molecule has 136 valence electrons. The summed E-state index contributed by atoms with van der Waals surface area (Å²) in [6.45, 7) is 0. The highest BCUT2D eigenvalue weighted by Gasteiger charge is 2.14. The average molecular weight is 491 g/mol. The van der Waals surface area contributed by atoms with E-state index in [2.05, 4.69) is 37.2 Å². The van der Waals surface area contributed by atoms with E-state index in [-0.39, 0.29) is 5.70 Å². The Balaban J connectivity index is 1.85. The van der Waals surface area contributed by atoms with Crippen LogP contribution in [-0.2, 0) is 4.79 Å². The molecule has 0 bridgehead atoms. The Morgan fingerprint density at radius 1 is 0.963 bits per heavy atom. The molecule has 3 rings (SSSR count). The second-order valence-electron chi connectivity index (χ2n) is 5.54. The fraction of sp³-hybridized carbons (Fsp3) is 0. The molecule has 2 aromatic carbocycles. The van der Waals surface area contributed by atoms with Gasteiger partial charge in [0.05, 0.1) is 0 Å². The summed E-state index contributed by atoms with van der Waals surface area (Å²) in [7, 11) is 0. The van der Waals surface area contributed by atoms with Crippen LogP contribution >= 0.6 is 31.9 Å². The van der Waals surface area contributed by atoms with Gasteiger partial charge in [-0.05, 0) is 42.5 Å². The van der Waals surface area contributed by atoms with E-state index in [4.69, 9.17) is 4.42 Å². The lowest BCUT2D eigenvalue weighted by Gasteiger charge is -2.05. The first-order chi connectivity index (χ1) is 12.9. The number of carbonyl (C=O) groups is 2. The van der Waals surface area contributed by atoms with E-state index < -0.39 is 11.9 Å². The molecule has 1 aromatic heterocycles. The first-order valence-electron chi connectivity index (χ1n) is 7.80. The van der Waals surface area contributed by atoms with Gasteiger partial charge in [0.15, 0.2) is 0 Å². The van der Waals surface area contributed by atoms with Crippen LogP contribution in [0.5, 0.6) is 0 Å². The van der Waals surface area contributed by atoms with Gasteiger partial charge < -0.3 is 14.8 Å². The third kappa shape index (κ3) is 4.96. The lowest BCUT2D eigenvalue weighted by atomic mass is 10.2. The summed E-state index contributed by atoms with van der Waals surface area (Å²) >= 11 is 6.83. The summed E-state index contributed by atoms with van der Waals surface area (Å²) < 4.78 is 7.47. The Morgan fingerprint density at radius 3 is 2.26 bits per heavy atom. The standard InChI is InChI=1S/C20H13Br2NO4/c21-14-8-13(9-15(22)10-14)18-7-6-16(27-18)11-17(20(25)26)23-19(24)12-4-2-1-3-5-12/h1-11H,(H,23,24)(H,25,26)/b17-11+. The first-order valence-corrected chi connectivity index (χ1v) is 9.38. The predicted molar refractivity (Wildman–Crippen MR) is 109 cm³/mol. The topological polar surface area (TPSA) is 79.5 Å². The Hall–Kier alpha value is -2.64. The Morgan fingerprint density at radius 2 is 1.63 bits per heavy atom. The lowest BCUT2D eigenvalue weighted by Crippen LogP contribution is -2.27. The van der Waals surface area contributed by atoms with Crippen molar-refractivity contribution >= 4 is 49.8 Å². The third-order valence-corrected chi connectivity index (χ3v) is 4.49. The molecule has 0 saturated heterocycles. The number of furan rings is 1. The molecule has 0 aliphatic rings. The highest BCUT2D eigenvalue weighted by atomic mass is 79.9. The summed E-state index contributed by atoms with van der Waals surface area (Å²) in [5, 5.41) is 11.8. The quantitative estimate of drug-likeness (QED) is 0.474. The third-order valence-electron chi connectivity index (χ3n) is 3.58. The minimum atomic E-state index is -1.26. The van der Waals surface area contributed by atoms with E-state index in [0.29, 0.717) is 17.1 Å². The molecule has 1 amide bonds. The Bertz CT molecular complexity index is 1010. The minimum Gasteiger partial charge on any atom is -0.477 e. The van der Waals surface area contributed by atoms with Gasteiger partial charge in [-0.25, -0.2) is 4.79 Å². The van der Waals surface area contributed by atoms with E-state index in [1.165, 1.54) is 6.08 Å². The summed E-state index contributed by atoms with van der Waals surface area (Å²) in [6, 6.07) is 17.4. The van der Waals surface area contributed by atoms with Crippen LogP contribution in [0.15, 0.2) is 79.7 Å². The number of nitrogens with one attached hydrogen (secondary N) is 1. The van der Waals surface area contributed by atoms with Crippen molar-refractivity contribution in [3.63, 3.8) is 0 Å². The average Bonchev–Trinajstić information content (AvgIpc) is 3.09. The molecule has 7 heteroatoms. The number of hydrogen-bond donors (Lipinski definition) is 2. The molecule has 0 saturated carbocycles. The second-order valence-corrected chi connectivity index (χ2v) is 7.37. The summed E-state index contributed by atoms with van der Waals surface area (Å²) in [5.41, 5.74) is 0.907. The van der Waals surface area contributed by atoms with E-state index >= 15 is 0 Å². The van der Waals surface area contributed by atoms with Gasteiger partial charge in [-0.1, -0.05) is 50.1 Å². The van der Waals surface area contributed by atoms with Crippen LogP contribution in [0.4, 0.5) is 0 Å². The van der Waals surface area contributed by atoms with Crippen molar-refractivity contribution in [3.05, 3.63) is 86.6 Å². The van der Waals surface area contributed by atoms with Gasteiger partial charge >= 0.3 is 5.97 Å². The zero-order valence-corrected chi connectivity index (χ0v) is 17.0. The smallest absolute Gasteiger partial charge is 0.352 e. The van der Waals surface area contributed by atoms with Crippen molar-refractivity contribution < 1.29 is 19.1 Å². The maximum Gasteiger partial charge on any atom is 0.352 e. The zero-order chi connectivity index (χ0) is 19.4. The number of carboxylic acid groups (broad SMARTS) is 1. The molecular weight excluding hydrogens is 478 g/mol. The lowest BCUT2D eigenvalue weighted by molar-refractivity contribution is -0.132. The normalized spacial score (nSPS) is 11.3. The van der Waals surface area contributed by atoms with Crippen molar-refractivity contribution in [1.82, 2.24) is 5.32 Å². The minimum absolute atomic E-state index is 0.278. The zero-order valence-electron chi connectivity index (χ0n) is 13.8. The predicted octanol–water partition coefficient (Wildman–Crippen LogP) is 5.33. The van der Waals surface area contributed by atoms with Crippen LogP contribution in [0.2, 0.25) is 0 Å². The number of carbonyl (C=O) groups excluding carboxylic acids is 1. The summed E-state index contributed by atoms with van der Waals surface area (Å²) in [6.07, 6.45) is 1.28. The van der Waals surface area contributed by atoms with Crippen LogP contribution in [0.25, 0.3) is 17.4 Å². The van der Waals surface area contributed by atoms with Crippen molar-refractivity contribution in [2.24, 2.45) is 0 Å². The highest BCUT2D eigenvalue weighted by Crippen LogP contribution is 2.29. The largest absolute Gasteiger partial charge is 0.477 e. The van der Waals surface area contributed by atoms with Crippen LogP contribution in [0.1, 0.15) is 16.1 Å². The molecular formula is C20H13Br2NO4. The van der Waals surface area contributed by atoms with Crippen LogP contribution in [-0.4, -0.2) is 17.0 Å². The number of carboxylic acids is 1. The molecule has 1 heterocycles. The maximum atomic E-state index is 12.2. The van der Waals surface area contributed by atoms with Gasteiger partial charge in [0, 0.05) is 26.1 Å². The number of rotatable bonds is 5. The van der Waals surface area contributed by atoms with Gasteiger partial charge in [-0.2, -0.15) is 0 Å². The molecule has 5 nitrogen and oxygen atoms in total. The van der Waals surface area contributed by atoms with Gasteiger partial charge in [0.25, 0.3) is 5.91 Å². The van der Waals surface area contributed by atoms with Gasteiger partial charge in [-0.15, -0.1) is 0 Å². The van der Waals surface area contributed by atoms with Crippen LogP contribution in [0.3, 0.4) is 0 Å². The molecule has 0 aliphatic carbocycles. The van der Waals surface area contributed by atoms with Crippen molar-refractivity contribution in [2.75, 3.05) is 0 Å². The van der Waals surface area contributed by atoms with Crippen molar-refractivity contribution in [3.8, 4) is 11.3 Å². The molecule has 0 aliphatic heterocycles. The number of aliphatic carboxylic acids is 1. The van der Waals surface area contributed by atoms with E-state index in [0.717, 1.165) is 14.5 Å². The van der Waals surface area contributed by atoms with E-state index in [9.17, 15) is 14.7 Å². The Kier molecular flexibility index (Phi) is 5.93. The molecule has 27 heavy (non-hydrogen) atoms. The van der Waals surface area contributed by atoms with E-state index in [1.54, 1.807) is 42.5 Å². The van der Waals surface area contributed by atoms with Crippen molar-refractivity contribution in [2.45, 2.75) is 0 Å². The van der Waals surface area contributed by atoms with E-state index in [1.807, 2.05) is 18.2 Å². The highest BCUT2D eigenvalue weighted by molar-refractivity contribution is 9.11. The molecule has 0 unspecified atom stereocenters. The molecule has 0 fully saturated rings. The molecule has 2 N–H and O–H groups in total. The molecule has 0 radical (unpaired) electrons. The fourth-order valence-electron chi connectivity index (χ4n) is 2.36. The van der Waals surface area contributed by atoms with Gasteiger partial charge in [-0.3, -0.25) is 4.79 Å². The number of amides is 1.